The zero-order valence-electron chi connectivity index (χ0n) is 19.5. The van der Waals surface area contributed by atoms with Crippen LogP contribution in [-0.4, -0.2) is 43.8 Å². The number of nitrogens with zero attached hydrogens (tertiary/aromatic N) is 4. The molecule has 3 amide bonds. The van der Waals surface area contributed by atoms with Crippen LogP contribution in [0.5, 0.6) is 0 Å². The number of halogens is 1. The van der Waals surface area contributed by atoms with Gasteiger partial charge < -0.3 is 15.5 Å². The van der Waals surface area contributed by atoms with Crippen molar-refractivity contribution in [1.29, 1.82) is 0 Å². The summed E-state index contributed by atoms with van der Waals surface area (Å²) >= 11 is 6.12. The second-order valence-electron chi connectivity index (χ2n) is 8.41. The van der Waals surface area contributed by atoms with Gasteiger partial charge in [-0.25, -0.2) is 0 Å². The highest BCUT2D eigenvalue weighted by molar-refractivity contribution is 6.31. The van der Waals surface area contributed by atoms with Crippen LogP contribution < -0.4 is 10.6 Å². The predicted molar refractivity (Wildman–Crippen MR) is 138 cm³/mol. The zero-order chi connectivity index (χ0) is 25.8. The average Bonchev–Trinajstić information content (AvgIpc) is 3.00. The van der Waals surface area contributed by atoms with Gasteiger partial charge in [0.1, 0.15) is 6.04 Å². The summed E-state index contributed by atoms with van der Waals surface area (Å²) < 4.78 is 0. The van der Waals surface area contributed by atoms with Gasteiger partial charge in [-0.2, -0.15) is 5.10 Å². The first-order chi connectivity index (χ1) is 18.0. The first kappa shape index (κ1) is 24.1. The fourth-order valence-electron chi connectivity index (χ4n) is 4.08. The van der Waals surface area contributed by atoms with Crippen LogP contribution >= 0.6 is 11.6 Å². The summed E-state index contributed by atoms with van der Waals surface area (Å²) in [5.41, 5.74) is 2.56. The molecule has 1 atom stereocenters. The summed E-state index contributed by atoms with van der Waals surface area (Å²) in [4.78, 5) is 45.4. The number of rotatable bonds is 6. The number of anilines is 2. The van der Waals surface area contributed by atoms with Gasteiger partial charge in [-0.3, -0.25) is 19.4 Å². The van der Waals surface area contributed by atoms with Gasteiger partial charge in [-0.05, 0) is 60.2 Å². The number of amides is 3. The van der Waals surface area contributed by atoms with Gasteiger partial charge in [0.05, 0.1) is 11.3 Å². The number of fused-ring (bicyclic) bond motifs is 1. The molecule has 1 aliphatic rings. The van der Waals surface area contributed by atoms with Gasteiger partial charge in [0.25, 0.3) is 11.8 Å². The number of hydrogen-bond acceptors (Lipinski definition) is 6. The quantitative estimate of drug-likeness (QED) is 0.403. The van der Waals surface area contributed by atoms with Crippen LogP contribution in [0.15, 0.2) is 85.2 Å². The molecule has 1 aliphatic heterocycles. The SMILES string of the molecule is O=C(Nc1cccnn1)c1ccc(CN2C(=O)c3ccc(Cl)cc3NC(=O)[C@H]2Cc2ccccn2)cc1. The molecule has 0 spiro atoms. The van der Waals surface area contributed by atoms with Crippen molar-refractivity contribution in [3.05, 3.63) is 113 Å². The molecule has 2 aromatic heterocycles. The van der Waals surface area contributed by atoms with Crippen molar-refractivity contribution in [3.63, 3.8) is 0 Å². The van der Waals surface area contributed by atoms with Crippen molar-refractivity contribution < 1.29 is 14.4 Å². The Hall–Kier alpha value is -4.63. The fourth-order valence-corrected chi connectivity index (χ4v) is 4.25. The van der Waals surface area contributed by atoms with E-state index >= 15 is 0 Å². The average molecular weight is 513 g/mol. The minimum absolute atomic E-state index is 0.151. The highest BCUT2D eigenvalue weighted by Crippen LogP contribution is 2.28. The first-order valence-electron chi connectivity index (χ1n) is 11.5. The maximum absolute atomic E-state index is 13.7. The van der Waals surface area contributed by atoms with Crippen LogP contribution in [-0.2, 0) is 17.8 Å². The molecule has 0 saturated carbocycles. The smallest absolute Gasteiger partial charge is 0.256 e. The first-order valence-corrected chi connectivity index (χ1v) is 11.8. The van der Waals surface area contributed by atoms with Gasteiger partial charge in [0.2, 0.25) is 5.91 Å². The Labute approximate surface area is 217 Å². The van der Waals surface area contributed by atoms with Crippen molar-refractivity contribution in [3.8, 4) is 0 Å². The number of carbonyl (C=O) groups excluding carboxylic acids is 3. The van der Waals surface area contributed by atoms with E-state index in [-0.39, 0.29) is 30.7 Å². The summed E-state index contributed by atoms with van der Waals surface area (Å²) in [5, 5.41) is 13.5. The van der Waals surface area contributed by atoms with Crippen molar-refractivity contribution >= 4 is 40.8 Å². The predicted octanol–water partition coefficient (Wildman–Crippen LogP) is 3.98. The Morgan fingerprint density at radius 3 is 2.57 bits per heavy atom. The molecule has 0 unspecified atom stereocenters. The molecule has 184 valence electrons. The monoisotopic (exact) mass is 512 g/mol. The second kappa shape index (κ2) is 10.5. The summed E-state index contributed by atoms with van der Waals surface area (Å²) in [6.07, 6.45) is 3.40. The van der Waals surface area contributed by atoms with Gasteiger partial charge in [-0.1, -0.05) is 29.8 Å². The van der Waals surface area contributed by atoms with Crippen LogP contribution in [0.3, 0.4) is 0 Å². The molecule has 2 N–H and O–H groups in total. The standard InChI is InChI=1S/C27H21ClN6O3/c28-19-10-11-21-22(14-19)31-26(36)23(15-20-4-1-2-12-29-20)34(27(21)37)16-17-6-8-18(9-7-17)25(35)32-24-5-3-13-30-33-24/h1-14,23H,15-16H2,(H,31,36)(H,32,33,35)/t23-/m1/s1. The molecular formula is C27H21ClN6O3. The number of benzene rings is 2. The molecular weight excluding hydrogens is 492 g/mol. The Kier molecular flexibility index (Phi) is 6.87. The zero-order valence-corrected chi connectivity index (χ0v) is 20.2. The molecule has 0 bridgehead atoms. The number of nitrogens with one attached hydrogen (secondary N) is 2. The van der Waals surface area contributed by atoms with Crippen molar-refractivity contribution in [2.75, 3.05) is 10.6 Å². The van der Waals surface area contributed by atoms with E-state index < -0.39 is 6.04 Å². The van der Waals surface area contributed by atoms with Crippen molar-refractivity contribution in [2.24, 2.45) is 0 Å². The number of hydrogen-bond donors (Lipinski definition) is 2. The maximum atomic E-state index is 13.7. The molecule has 9 nitrogen and oxygen atoms in total. The molecule has 0 aliphatic carbocycles. The lowest BCUT2D eigenvalue weighted by atomic mass is 10.0. The van der Waals surface area contributed by atoms with E-state index in [0.29, 0.717) is 33.3 Å². The fraction of sp³-hybridized carbons (Fsp3) is 0.111. The highest BCUT2D eigenvalue weighted by Gasteiger charge is 2.36. The third kappa shape index (κ3) is 5.46. The van der Waals surface area contributed by atoms with Crippen LogP contribution in [0, 0.1) is 0 Å². The molecule has 2 aromatic carbocycles. The van der Waals surface area contributed by atoms with E-state index in [4.69, 9.17) is 11.6 Å². The molecule has 0 saturated heterocycles. The molecule has 5 rings (SSSR count). The minimum atomic E-state index is -0.812. The third-order valence-electron chi connectivity index (χ3n) is 5.92. The van der Waals surface area contributed by atoms with E-state index in [9.17, 15) is 14.4 Å². The normalized spacial score (nSPS) is 14.9. The Morgan fingerprint density at radius 1 is 1.00 bits per heavy atom. The van der Waals surface area contributed by atoms with Crippen LogP contribution in [0.25, 0.3) is 0 Å². The van der Waals surface area contributed by atoms with Gasteiger partial charge in [0, 0.05) is 41.6 Å². The minimum Gasteiger partial charge on any atom is -0.323 e. The Bertz CT molecular complexity index is 1450. The largest absolute Gasteiger partial charge is 0.323 e. The van der Waals surface area contributed by atoms with E-state index in [2.05, 4.69) is 25.8 Å². The number of aromatic nitrogens is 3. The Balaban J connectivity index is 1.42. The Morgan fingerprint density at radius 2 is 1.84 bits per heavy atom. The van der Waals surface area contributed by atoms with Crippen LogP contribution in [0.1, 0.15) is 32.0 Å². The molecule has 0 radical (unpaired) electrons. The van der Waals surface area contributed by atoms with Crippen LogP contribution in [0.4, 0.5) is 11.5 Å². The summed E-state index contributed by atoms with van der Waals surface area (Å²) in [6, 6.07) is 19.6. The van der Waals surface area contributed by atoms with Crippen LogP contribution in [0.2, 0.25) is 5.02 Å². The van der Waals surface area contributed by atoms with E-state index in [1.165, 1.54) is 11.1 Å². The van der Waals surface area contributed by atoms with E-state index in [1.54, 1.807) is 66.9 Å². The number of carbonyl (C=O) groups is 3. The van der Waals surface area contributed by atoms with Crippen molar-refractivity contribution in [1.82, 2.24) is 20.1 Å². The van der Waals surface area contributed by atoms with Gasteiger partial charge in [0.15, 0.2) is 5.82 Å². The summed E-state index contributed by atoms with van der Waals surface area (Å²) in [7, 11) is 0. The molecule has 10 heteroatoms. The maximum Gasteiger partial charge on any atom is 0.256 e. The van der Waals surface area contributed by atoms with E-state index in [0.717, 1.165) is 5.56 Å². The lowest BCUT2D eigenvalue weighted by molar-refractivity contribution is -0.120. The lowest BCUT2D eigenvalue weighted by Gasteiger charge is -2.28. The molecule has 37 heavy (non-hydrogen) atoms. The number of pyridine rings is 1. The van der Waals surface area contributed by atoms with Crippen molar-refractivity contribution in [2.45, 2.75) is 19.0 Å². The topological polar surface area (TPSA) is 117 Å². The van der Waals surface area contributed by atoms with Gasteiger partial charge in [-0.15, -0.1) is 5.10 Å². The van der Waals surface area contributed by atoms with Gasteiger partial charge >= 0.3 is 0 Å². The lowest BCUT2D eigenvalue weighted by Crippen LogP contribution is -2.46. The summed E-state index contributed by atoms with van der Waals surface area (Å²) in [6.45, 7) is 0.151. The highest BCUT2D eigenvalue weighted by atomic mass is 35.5. The molecule has 0 fully saturated rings. The third-order valence-corrected chi connectivity index (χ3v) is 6.16. The molecule has 3 heterocycles. The molecule has 4 aromatic rings. The van der Waals surface area contributed by atoms with E-state index in [1.807, 2.05) is 12.1 Å². The summed E-state index contributed by atoms with van der Waals surface area (Å²) in [5.74, 6) is -0.639. The second-order valence-corrected chi connectivity index (χ2v) is 8.85.